The van der Waals surface area contributed by atoms with E-state index in [-0.39, 0.29) is 0 Å². The Bertz CT molecular complexity index is 780. The highest BCUT2D eigenvalue weighted by Gasteiger charge is 2.26. The molecule has 0 radical (unpaired) electrons. The Morgan fingerprint density at radius 2 is 1.65 bits per heavy atom. The molecule has 0 fully saturated rings. The lowest BCUT2D eigenvalue weighted by atomic mass is 9.96. The van der Waals surface area contributed by atoms with Crippen molar-refractivity contribution in [2.75, 3.05) is 0 Å². The fourth-order valence-corrected chi connectivity index (χ4v) is 3.19. The maximum absolute atomic E-state index is 9.12. The molecular weight excluding hydrogens is 246 g/mol. The first-order chi connectivity index (χ1) is 9.86. The number of hydrogen-bond acceptors (Lipinski definition) is 2. The highest BCUT2D eigenvalue weighted by Crippen LogP contribution is 2.49. The van der Waals surface area contributed by atoms with Crippen LogP contribution in [-0.4, -0.2) is 0 Å². The van der Waals surface area contributed by atoms with Crippen molar-refractivity contribution >= 4 is 11.1 Å². The molecule has 0 atom stereocenters. The topological polar surface area (TPSA) is 33.0 Å². The standard InChI is InChI=1S/C18H13NO/c19-11-12-8-9-18-16(10-12)14-6-3-5-13(14)15-4-1-2-7-17(15)20-18/h1-2,4,7-10H,3,5-6H2. The van der Waals surface area contributed by atoms with E-state index in [1.165, 1.54) is 23.1 Å². The second-order valence-electron chi connectivity index (χ2n) is 5.23. The van der Waals surface area contributed by atoms with Gasteiger partial charge in [0.25, 0.3) is 0 Å². The van der Waals surface area contributed by atoms with E-state index in [0.717, 1.165) is 29.9 Å². The molecule has 20 heavy (non-hydrogen) atoms. The van der Waals surface area contributed by atoms with Gasteiger partial charge in [-0.1, -0.05) is 18.2 Å². The molecule has 0 saturated carbocycles. The fraction of sp³-hybridized carbons (Fsp3) is 0.167. The van der Waals surface area contributed by atoms with Gasteiger partial charge < -0.3 is 4.74 Å². The van der Waals surface area contributed by atoms with Gasteiger partial charge in [-0.25, -0.2) is 0 Å². The van der Waals surface area contributed by atoms with Crippen molar-refractivity contribution in [2.24, 2.45) is 0 Å². The van der Waals surface area contributed by atoms with Gasteiger partial charge in [0.1, 0.15) is 11.5 Å². The van der Waals surface area contributed by atoms with Crippen molar-refractivity contribution in [3.05, 3.63) is 59.2 Å². The van der Waals surface area contributed by atoms with Crippen molar-refractivity contribution in [1.82, 2.24) is 0 Å². The SMILES string of the molecule is N#Cc1ccc2c(c1)C1=C(CCC1)c1ccccc1O2. The van der Waals surface area contributed by atoms with E-state index in [4.69, 9.17) is 10.00 Å². The molecule has 1 aliphatic heterocycles. The quantitative estimate of drug-likeness (QED) is 0.683. The summed E-state index contributed by atoms with van der Waals surface area (Å²) in [7, 11) is 0. The van der Waals surface area contributed by atoms with Crippen molar-refractivity contribution in [3.8, 4) is 17.6 Å². The number of para-hydroxylation sites is 1. The van der Waals surface area contributed by atoms with E-state index in [0.29, 0.717) is 5.56 Å². The van der Waals surface area contributed by atoms with Gasteiger partial charge in [0, 0.05) is 11.1 Å². The third-order valence-electron chi connectivity index (χ3n) is 4.08. The molecule has 0 N–H and O–H groups in total. The molecule has 0 spiro atoms. The molecular formula is C18H13NO. The fourth-order valence-electron chi connectivity index (χ4n) is 3.19. The Hall–Kier alpha value is -2.53. The summed E-state index contributed by atoms with van der Waals surface area (Å²) in [4.78, 5) is 0. The van der Waals surface area contributed by atoms with Gasteiger partial charge in [-0.2, -0.15) is 5.26 Å². The summed E-state index contributed by atoms with van der Waals surface area (Å²) in [5.74, 6) is 1.79. The van der Waals surface area contributed by atoms with Crippen LogP contribution in [0.1, 0.15) is 36.0 Å². The van der Waals surface area contributed by atoms with Gasteiger partial charge in [0.2, 0.25) is 0 Å². The van der Waals surface area contributed by atoms with Crippen molar-refractivity contribution in [1.29, 1.82) is 5.26 Å². The maximum atomic E-state index is 9.12. The normalized spacial score (nSPS) is 15.6. The number of benzene rings is 2. The summed E-state index contributed by atoms with van der Waals surface area (Å²) in [6.07, 6.45) is 3.33. The molecule has 1 heterocycles. The summed E-state index contributed by atoms with van der Waals surface area (Å²) in [5, 5.41) is 9.12. The first-order valence-electron chi connectivity index (χ1n) is 6.90. The molecule has 0 amide bonds. The minimum Gasteiger partial charge on any atom is -0.456 e. The van der Waals surface area contributed by atoms with Crippen LogP contribution >= 0.6 is 0 Å². The molecule has 2 aromatic rings. The largest absolute Gasteiger partial charge is 0.456 e. The molecule has 2 heteroatoms. The molecule has 96 valence electrons. The predicted octanol–water partition coefficient (Wildman–Crippen LogP) is 4.76. The first-order valence-corrected chi connectivity index (χ1v) is 6.90. The van der Waals surface area contributed by atoms with Crippen LogP contribution in [0.5, 0.6) is 11.5 Å². The zero-order chi connectivity index (χ0) is 13.5. The van der Waals surface area contributed by atoms with Gasteiger partial charge in [0.05, 0.1) is 11.6 Å². The van der Waals surface area contributed by atoms with E-state index in [2.05, 4.69) is 18.2 Å². The Morgan fingerprint density at radius 1 is 0.900 bits per heavy atom. The van der Waals surface area contributed by atoms with Gasteiger partial charge in [-0.3, -0.25) is 0 Å². The number of ether oxygens (including phenoxy) is 1. The number of nitrogens with zero attached hydrogens (tertiary/aromatic N) is 1. The molecule has 0 unspecified atom stereocenters. The molecule has 0 aromatic heterocycles. The monoisotopic (exact) mass is 259 g/mol. The van der Waals surface area contributed by atoms with Gasteiger partial charge in [0.15, 0.2) is 0 Å². The number of hydrogen-bond donors (Lipinski definition) is 0. The van der Waals surface area contributed by atoms with Crippen LogP contribution in [0.2, 0.25) is 0 Å². The second kappa shape index (κ2) is 4.25. The first kappa shape index (κ1) is 11.3. The van der Waals surface area contributed by atoms with Crippen molar-refractivity contribution in [3.63, 3.8) is 0 Å². The summed E-state index contributed by atoms with van der Waals surface area (Å²) in [6.45, 7) is 0. The second-order valence-corrected chi connectivity index (χ2v) is 5.23. The van der Waals surface area contributed by atoms with Crippen LogP contribution in [-0.2, 0) is 0 Å². The Kier molecular flexibility index (Phi) is 2.40. The summed E-state index contributed by atoms with van der Waals surface area (Å²) in [6, 6.07) is 16.1. The lowest BCUT2D eigenvalue weighted by Gasteiger charge is -2.10. The van der Waals surface area contributed by atoms with Crippen LogP contribution in [0.3, 0.4) is 0 Å². The van der Waals surface area contributed by atoms with E-state index < -0.39 is 0 Å². The zero-order valence-electron chi connectivity index (χ0n) is 11.0. The van der Waals surface area contributed by atoms with Crippen LogP contribution in [0, 0.1) is 11.3 Å². The highest BCUT2D eigenvalue weighted by molar-refractivity contribution is 5.97. The predicted molar refractivity (Wildman–Crippen MR) is 78.3 cm³/mol. The van der Waals surface area contributed by atoms with Gasteiger partial charge in [-0.05, 0) is 54.7 Å². The van der Waals surface area contributed by atoms with E-state index >= 15 is 0 Å². The Balaban J connectivity index is 2.03. The third-order valence-corrected chi connectivity index (χ3v) is 4.08. The summed E-state index contributed by atoms with van der Waals surface area (Å²) >= 11 is 0. The van der Waals surface area contributed by atoms with E-state index in [1.807, 2.05) is 30.3 Å². The smallest absolute Gasteiger partial charge is 0.135 e. The summed E-state index contributed by atoms with van der Waals surface area (Å²) < 4.78 is 6.09. The lowest BCUT2D eigenvalue weighted by Crippen LogP contribution is -1.90. The van der Waals surface area contributed by atoms with Crippen LogP contribution in [0.15, 0.2) is 42.5 Å². The average molecular weight is 259 g/mol. The molecule has 2 aliphatic rings. The zero-order valence-corrected chi connectivity index (χ0v) is 11.0. The molecule has 4 rings (SSSR count). The molecule has 2 aromatic carbocycles. The minimum absolute atomic E-state index is 0.692. The number of fused-ring (bicyclic) bond motifs is 4. The molecule has 2 nitrogen and oxygen atoms in total. The Labute approximate surface area is 117 Å². The van der Waals surface area contributed by atoms with E-state index in [9.17, 15) is 0 Å². The average Bonchev–Trinajstić information content (AvgIpc) is 2.93. The molecule has 0 saturated heterocycles. The lowest BCUT2D eigenvalue weighted by molar-refractivity contribution is 0.480. The van der Waals surface area contributed by atoms with Gasteiger partial charge >= 0.3 is 0 Å². The van der Waals surface area contributed by atoms with Gasteiger partial charge in [-0.15, -0.1) is 0 Å². The molecule has 1 aliphatic carbocycles. The Morgan fingerprint density at radius 3 is 2.50 bits per heavy atom. The van der Waals surface area contributed by atoms with Crippen molar-refractivity contribution in [2.45, 2.75) is 19.3 Å². The third kappa shape index (κ3) is 1.57. The van der Waals surface area contributed by atoms with Crippen molar-refractivity contribution < 1.29 is 4.74 Å². The summed E-state index contributed by atoms with van der Waals surface area (Å²) in [5.41, 5.74) is 5.72. The number of rotatable bonds is 0. The highest BCUT2D eigenvalue weighted by atomic mass is 16.5. The van der Waals surface area contributed by atoms with Crippen LogP contribution < -0.4 is 4.74 Å². The minimum atomic E-state index is 0.692. The number of allylic oxidation sites excluding steroid dienone is 2. The molecule has 0 bridgehead atoms. The van der Waals surface area contributed by atoms with Crippen LogP contribution in [0.25, 0.3) is 11.1 Å². The number of nitriles is 1. The van der Waals surface area contributed by atoms with Crippen LogP contribution in [0.4, 0.5) is 0 Å². The van der Waals surface area contributed by atoms with E-state index in [1.54, 1.807) is 0 Å². The maximum Gasteiger partial charge on any atom is 0.135 e.